The third-order valence-electron chi connectivity index (χ3n) is 6.05. The van der Waals surface area contributed by atoms with Crippen LogP contribution < -0.4 is 5.32 Å². The van der Waals surface area contributed by atoms with E-state index in [9.17, 15) is 9.59 Å². The quantitative estimate of drug-likeness (QED) is 0.352. The van der Waals surface area contributed by atoms with Crippen molar-refractivity contribution in [3.05, 3.63) is 41.6 Å². The van der Waals surface area contributed by atoms with Gasteiger partial charge in [-0.2, -0.15) is 5.10 Å². The van der Waals surface area contributed by atoms with E-state index >= 15 is 0 Å². The Balaban J connectivity index is 2.16. The van der Waals surface area contributed by atoms with Crippen LogP contribution in [0.3, 0.4) is 0 Å². The zero-order valence-electron chi connectivity index (χ0n) is 22.5. The van der Waals surface area contributed by atoms with Gasteiger partial charge in [-0.1, -0.05) is 71.6 Å². The summed E-state index contributed by atoms with van der Waals surface area (Å²) in [6, 6.07) is 9.88. The Hall–Kier alpha value is -2.67. The molecule has 0 fully saturated rings. The number of unbranched alkanes of at least 4 members (excludes halogenated alkanes) is 4. The van der Waals surface area contributed by atoms with Crippen molar-refractivity contribution < 1.29 is 14.3 Å². The summed E-state index contributed by atoms with van der Waals surface area (Å²) in [6.07, 6.45) is 6.58. The minimum atomic E-state index is -0.225. The second kappa shape index (κ2) is 14.0. The molecule has 1 N–H and O–H groups in total. The van der Waals surface area contributed by atoms with Gasteiger partial charge >= 0.3 is 0 Å². The van der Waals surface area contributed by atoms with E-state index in [2.05, 4.69) is 33.0 Å². The molecule has 0 atom stereocenters. The molecule has 0 aliphatic rings. The maximum Gasteiger partial charge on any atom is 0.245 e. The van der Waals surface area contributed by atoms with Gasteiger partial charge in [0.25, 0.3) is 0 Å². The molecule has 0 radical (unpaired) electrons. The predicted octanol–water partition coefficient (Wildman–Crippen LogP) is 5.64. The van der Waals surface area contributed by atoms with Gasteiger partial charge in [0.2, 0.25) is 11.8 Å². The van der Waals surface area contributed by atoms with E-state index in [0.29, 0.717) is 31.8 Å². The number of nitrogens with one attached hydrogen (secondary N) is 1. The SMILES string of the molecule is CCCCCCCC(=O)N(CCCOC)CC(=O)Nc1cc(C(C)(C)C)nn1-c1ccccc1C. The Morgan fingerprint density at radius 3 is 2.46 bits per heavy atom. The van der Waals surface area contributed by atoms with E-state index < -0.39 is 0 Å². The topological polar surface area (TPSA) is 76.5 Å². The molecule has 1 heterocycles. The maximum atomic E-state index is 13.1. The van der Waals surface area contributed by atoms with Crippen molar-refractivity contribution in [3.63, 3.8) is 0 Å². The number of aryl methyl sites for hydroxylation is 1. The Bertz CT molecular complexity index is 946. The first-order chi connectivity index (χ1) is 16.7. The number of rotatable bonds is 14. The van der Waals surface area contributed by atoms with Crippen LogP contribution in [0.1, 0.15) is 83.9 Å². The first-order valence-electron chi connectivity index (χ1n) is 12.9. The summed E-state index contributed by atoms with van der Waals surface area (Å²) in [5.41, 5.74) is 2.69. The normalized spacial score (nSPS) is 11.5. The van der Waals surface area contributed by atoms with Gasteiger partial charge in [0.1, 0.15) is 5.82 Å². The zero-order chi connectivity index (χ0) is 25.8. The van der Waals surface area contributed by atoms with Crippen molar-refractivity contribution in [1.29, 1.82) is 0 Å². The van der Waals surface area contributed by atoms with Crippen LogP contribution in [-0.4, -0.2) is 53.3 Å². The molecule has 7 nitrogen and oxygen atoms in total. The molecular formula is C28H44N4O3. The van der Waals surface area contributed by atoms with Crippen LogP contribution in [0.5, 0.6) is 0 Å². The smallest absolute Gasteiger partial charge is 0.245 e. The molecule has 1 aromatic heterocycles. The molecule has 0 unspecified atom stereocenters. The Morgan fingerprint density at radius 2 is 1.80 bits per heavy atom. The number of amides is 2. The number of carbonyl (C=O) groups is 2. The number of carbonyl (C=O) groups excluding carboxylic acids is 2. The summed E-state index contributed by atoms with van der Waals surface area (Å²) in [6.45, 7) is 11.6. The lowest BCUT2D eigenvalue weighted by Crippen LogP contribution is -2.39. The maximum absolute atomic E-state index is 13.1. The van der Waals surface area contributed by atoms with Gasteiger partial charge in [0.15, 0.2) is 0 Å². The molecule has 35 heavy (non-hydrogen) atoms. The lowest BCUT2D eigenvalue weighted by Gasteiger charge is -2.22. The summed E-state index contributed by atoms with van der Waals surface area (Å²) < 4.78 is 6.95. The van der Waals surface area contributed by atoms with Gasteiger partial charge < -0.3 is 15.0 Å². The minimum absolute atomic E-state index is 0.0152. The molecular weight excluding hydrogens is 440 g/mol. The van der Waals surface area contributed by atoms with E-state index in [1.807, 2.05) is 37.3 Å². The number of nitrogens with zero attached hydrogens (tertiary/aromatic N) is 3. The molecule has 0 aliphatic carbocycles. The third-order valence-corrected chi connectivity index (χ3v) is 6.05. The van der Waals surface area contributed by atoms with Gasteiger partial charge in [-0.25, -0.2) is 4.68 Å². The zero-order valence-corrected chi connectivity index (χ0v) is 22.5. The molecule has 7 heteroatoms. The van der Waals surface area contributed by atoms with Gasteiger partial charge in [0, 0.05) is 38.2 Å². The molecule has 2 aromatic rings. The third kappa shape index (κ3) is 9.13. The number of methoxy groups -OCH3 is 1. The molecule has 0 bridgehead atoms. The summed E-state index contributed by atoms with van der Waals surface area (Å²) in [7, 11) is 1.64. The number of hydrogen-bond acceptors (Lipinski definition) is 4. The second-order valence-electron chi connectivity index (χ2n) is 10.2. The number of ether oxygens (including phenoxy) is 1. The molecule has 0 spiro atoms. The lowest BCUT2D eigenvalue weighted by atomic mass is 9.92. The van der Waals surface area contributed by atoms with Gasteiger partial charge in [-0.05, 0) is 31.4 Å². The standard InChI is InChI=1S/C28H44N4O3/c1-7-8-9-10-11-17-27(34)31(18-14-19-35-6)21-26(33)29-25-20-24(28(3,4)5)30-32(25)23-16-13-12-15-22(23)2/h12-13,15-16,20H,7-11,14,17-19,21H2,1-6H3,(H,29,33). The monoisotopic (exact) mass is 484 g/mol. The molecule has 2 rings (SSSR count). The fourth-order valence-electron chi connectivity index (χ4n) is 3.91. The van der Waals surface area contributed by atoms with Crippen molar-refractivity contribution in [2.24, 2.45) is 0 Å². The number of hydrogen-bond donors (Lipinski definition) is 1. The highest BCUT2D eigenvalue weighted by Gasteiger charge is 2.23. The summed E-state index contributed by atoms with van der Waals surface area (Å²) in [5, 5.41) is 7.84. The first-order valence-corrected chi connectivity index (χ1v) is 12.9. The average molecular weight is 485 g/mol. The summed E-state index contributed by atoms with van der Waals surface area (Å²) in [5.74, 6) is 0.408. The van der Waals surface area contributed by atoms with E-state index in [-0.39, 0.29) is 23.8 Å². The van der Waals surface area contributed by atoms with E-state index in [1.165, 1.54) is 12.8 Å². The van der Waals surface area contributed by atoms with Gasteiger partial charge in [-0.15, -0.1) is 0 Å². The van der Waals surface area contributed by atoms with Crippen molar-refractivity contribution in [2.45, 2.75) is 85.0 Å². The molecule has 2 amide bonds. The molecule has 194 valence electrons. The predicted molar refractivity (Wildman–Crippen MR) is 142 cm³/mol. The highest BCUT2D eigenvalue weighted by atomic mass is 16.5. The number of anilines is 1. The highest BCUT2D eigenvalue weighted by Crippen LogP contribution is 2.27. The lowest BCUT2D eigenvalue weighted by molar-refractivity contribution is -0.135. The fraction of sp³-hybridized carbons (Fsp3) is 0.607. The summed E-state index contributed by atoms with van der Waals surface area (Å²) in [4.78, 5) is 27.7. The Kier molecular flexibility index (Phi) is 11.4. The largest absolute Gasteiger partial charge is 0.385 e. The van der Waals surface area contributed by atoms with E-state index in [0.717, 1.165) is 36.2 Å². The van der Waals surface area contributed by atoms with Crippen LogP contribution in [0.4, 0.5) is 5.82 Å². The summed E-state index contributed by atoms with van der Waals surface area (Å²) >= 11 is 0. The van der Waals surface area contributed by atoms with Crippen LogP contribution in [0.25, 0.3) is 5.69 Å². The number of para-hydroxylation sites is 1. The van der Waals surface area contributed by atoms with E-state index in [1.54, 1.807) is 16.7 Å². The molecule has 0 saturated carbocycles. The van der Waals surface area contributed by atoms with Gasteiger partial charge in [-0.3, -0.25) is 9.59 Å². The fourth-order valence-corrected chi connectivity index (χ4v) is 3.91. The average Bonchev–Trinajstić information content (AvgIpc) is 3.22. The first kappa shape index (κ1) is 28.6. The van der Waals surface area contributed by atoms with Crippen molar-refractivity contribution in [3.8, 4) is 5.69 Å². The Morgan fingerprint density at radius 1 is 1.09 bits per heavy atom. The van der Waals surface area contributed by atoms with Crippen molar-refractivity contribution in [1.82, 2.24) is 14.7 Å². The Labute approximate surface area is 211 Å². The number of benzene rings is 1. The van der Waals surface area contributed by atoms with Crippen LogP contribution >= 0.6 is 0 Å². The molecule has 1 aromatic carbocycles. The highest BCUT2D eigenvalue weighted by molar-refractivity contribution is 5.94. The van der Waals surface area contributed by atoms with Crippen LogP contribution in [0, 0.1) is 6.92 Å². The van der Waals surface area contributed by atoms with Crippen LogP contribution in [0.2, 0.25) is 0 Å². The van der Waals surface area contributed by atoms with E-state index in [4.69, 9.17) is 9.84 Å². The van der Waals surface area contributed by atoms with Gasteiger partial charge in [0.05, 0.1) is 17.9 Å². The number of aromatic nitrogens is 2. The van der Waals surface area contributed by atoms with Crippen molar-refractivity contribution >= 4 is 17.6 Å². The van der Waals surface area contributed by atoms with Crippen molar-refractivity contribution in [2.75, 3.05) is 32.1 Å². The van der Waals surface area contributed by atoms with Crippen LogP contribution in [-0.2, 0) is 19.7 Å². The minimum Gasteiger partial charge on any atom is -0.385 e. The molecule has 0 aliphatic heterocycles. The second-order valence-corrected chi connectivity index (χ2v) is 10.2. The van der Waals surface area contributed by atoms with Crippen LogP contribution in [0.15, 0.2) is 30.3 Å². The molecule has 0 saturated heterocycles.